The van der Waals surface area contributed by atoms with E-state index in [-0.39, 0.29) is 11.7 Å². The fourth-order valence-electron chi connectivity index (χ4n) is 3.77. The Morgan fingerprint density at radius 3 is 2.96 bits per heavy atom. The average Bonchev–Trinajstić information content (AvgIpc) is 3.01. The Bertz CT molecular complexity index is 726. The summed E-state index contributed by atoms with van der Waals surface area (Å²) >= 11 is 0. The predicted molar refractivity (Wildman–Crippen MR) is 92.3 cm³/mol. The van der Waals surface area contributed by atoms with Crippen molar-refractivity contribution in [2.75, 3.05) is 19.7 Å². The van der Waals surface area contributed by atoms with Crippen LogP contribution in [-0.4, -0.2) is 56.0 Å². The predicted octanol–water partition coefficient (Wildman–Crippen LogP) is 1.81. The van der Waals surface area contributed by atoms with E-state index in [1.807, 2.05) is 17.8 Å². The molecule has 2 saturated heterocycles. The molecule has 7 heteroatoms. The summed E-state index contributed by atoms with van der Waals surface area (Å²) in [5.41, 5.74) is 2.07. The van der Waals surface area contributed by atoms with Gasteiger partial charge in [0, 0.05) is 57.0 Å². The lowest BCUT2D eigenvalue weighted by Crippen LogP contribution is -2.65. The van der Waals surface area contributed by atoms with Crippen molar-refractivity contribution in [3.8, 4) is 5.88 Å². The molecule has 0 saturated carbocycles. The van der Waals surface area contributed by atoms with Crippen molar-refractivity contribution < 1.29 is 9.47 Å². The quantitative estimate of drug-likeness (QED) is 0.825. The number of aryl methyl sites for hydroxylation is 2. The third kappa shape index (κ3) is 3.67. The molecule has 4 rings (SSSR count). The monoisotopic (exact) mass is 343 g/mol. The van der Waals surface area contributed by atoms with E-state index in [0.29, 0.717) is 5.88 Å². The zero-order valence-corrected chi connectivity index (χ0v) is 14.9. The maximum atomic E-state index is 6.11. The summed E-state index contributed by atoms with van der Waals surface area (Å²) in [6.07, 6.45) is 9.47. The van der Waals surface area contributed by atoms with Gasteiger partial charge in [0.2, 0.25) is 5.88 Å². The van der Waals surface area contributed by atoms with Crippen LogP contribution in [0, 0.1) is 6.92 Å². The Hall–Kier alpha value is -1.99. The number of hydrogen-bond donors (Lipinski definition) is 0. The standard InChI is InChI=1S/C18H25N5O2/c1-3-23-11-15(8-20-23)10-22-12-18(13-22)6-16(4-5-24-18)25-17-9-19-7-14(2)21-17/h7-9,11,16H,3-6,10,12-13H2,1-2H3/t16-/m0/s1. The normalized spacial score (nSPS) is 22.7. The molecular formula is C18H25N5O2. The average molecular weight is 343 g/mol. The molecule has 7 nitrogen and oxygen atoms in total. The minimum absolute atomic E-state index is 0.0685. The van der Waals surface area contributed by atoms with E-state index in [0.717, 1.165) is 51.3 Å². The van der Waals surface area contributed by atoms with Crippen molar-refractivity contribution in [2.45, 2.75) is 51.5 Å². The molecule has 2 aromatic rings. The van der Waals surface area contributed by atoms with Crippen LogP contribution >= 0.6 is 0 Å². The minimum atomic E-state index is -0.0685. The van der Waals surface area contributed by atoms with Crippen LogP contribution in [0.15, 0.2) is 24.8 Å². The SMILES string of the molecule is CCn1cc(CN2CC3(C[C@@H](Oc4cncc(C)n4)CCO3)C2)cn1. The lowest BCUT2D eigenvalue weighted by molar-refractivity contribution is -0.188. The van der Waals surface area contributed by atoms with E-state index in [1.165, 1.54) is 5.56 Å². The van der Waals surface area contributed by atoms with Crippen molar-refractivity contribution in [2.24, 2.45) is 0 Å². The first kappa shape index (κ1) is 16.5. The van der Waals surface area contributed by atoms with E-state index in [1.54, 1.807) is 12.4 Å². The van der Waals surface area contributed by atoms with Gasteiger partial charge in [0.1, 0.15) is 6.10 Å². The number of rotatable bonds is 5. The van der Waals surface area contributed by atoms with Crippen LogP contribution in [0.2, 0.25) is 0 Å². The van der Waals surface area contributed by atoms with Crippen molar-refractivity contribution in [1.82, 2.24) is 24.6 Å². The third-order valence-electron chi connectivity index (χ3n) is 4.91. The Morgan fingerprint density at radius 1 is 1.32 bits per heavy atom. The second-order valence-corrected chi connectivity index (χ2v) is 7.11. The van der Waals surface area contributed by atoms with Crippen LogP contribution in [0.1, 0.15) is 31.0 Å². The molecular weight excluding hydrogens is 318 g/mol. The molecule has 1 spiro atoms. The highest BCUT2D eigenvalue weighted by atomic mass is 16.5. The Labute approximate surface area is 148 Å². The van der Waals surface area contributed by atoms with Gasteiger partial charge in [-0.15, -0.1) is 0 Å². The van der Waals surface area contributed by atoms with E-state index in [2.05, 4.69) is 33.1 Å². The van der Waals surface area contributed by atoms with Gasteiger partial charge in [0.05, 0.1) is 30.3 Å². The molecule has 2 fully saturated rings. The number of hydrogen-bond acceptors (Lipinski definition) is 6. The Balaban J connectivity index is 1.31. The lowest BCUT2D eigenvalue weighted by Gasteiger charge is -2.53. The van der Waals surface area contributed by atoms with E-state index < -0.39 is 0 Å². The van der Waals surface area contributed by atoms with Crippen molar-refractivity contribution in [3.63, 3.8) is 0 Å². The highest BCUT2D eigenvalue weighted by Gasteiger charge is 2.48. The molecule has 1 atom stereocenters. The summed E-state index contributed by atoms with van der Waals surface area (Å²) in [4.78, 5) is 11.0. The molecule has 0 aromatic carbocycles. The van der Waals surface area contributed by atoms with Gasteiger partial charge in [-0.2, -0.15) is 5.10 Å². The van der Waals surface area contributed by atoms with Gasteiger partial charge in [0.15, 0.2) is 0 Å². The molecule has 134 valence electrons. The molecule has 2 aliphatic rings. The molecule has 2 aromatic heterocycles. The highest BCUT2D eigenvalue weighted by Crippen LogP contribution is 2.36. The van der Waals surface area contributed by atoms with E-state index >= 15 is 0 Å². The van der Waals surface area contributed by atoms with Crippen molar-refractivity contribution in [3.05, 3.63) is 36.0 Å². The molecule has 0 unspecified atom stereocenters. The number of aromatic nitrogens is 4. The fraction of sp³-hybridized carbons (Fsp3) is 0.611. The maximum Gasteiger partial charge on any atom is 0.232 e. The first-order valence-corrected chi connectivity index (χ1v) is 8.97. The Morgan fingerprint density at radius 2 is 2.20 bits per heavy atom. The molecule has 0 amide bonds. The molecule has 0 aliphatic carbocycles. The first-order chi connectivity index (χ1) is 12.1. The summed E-state index contributed by atoms with van der Waals surface area (Å²) < 4.78 is 14.1. The minimum Gasteiger partial charge on any atom is -0.473 e. The smallest absolute Gasteiger partial charge is 0.232 e. The fourth-order valence-corrected chi connectivity index (χ4v) is 3.77. The number of nitrogens with zero attached hydrogens (tertiary/aromatic N) is 5. The maximum absolute atomic E-state index is 6.11. The van der Waals surface area contributed by atoms with Crippen LogP contribution < -0.4 is 4.74 Å². The molecule has 0 N–H and O–H groups in total. The summed E-state index contributed by atoms with van der Waals surface area (Å²) in [6.45, 7) is 8.51. The summed E-state index contributed by atoms with van der Waals surface area (Å²) in [7, 11) is 0. The van der Waals surface area contributed by atoms with Gasteiger partial charge >= 0.3 is 0 Å². The summed E-state index contributed by atoms with van der Waals surface area (Å²) in [6, 6.07) is 0. The third-order valence-corrected chi connectivity index (χ3v) is 4.91. The van der Waals surface area contributed by atoms with Crippen LogP contribution in [0.25, 0.3) is 0 Å². The lowest BCUT2D eigenvalue weighted by atomic mass is 9.84. The largest absolute Gasteiger partial charge is 0.473 e. The highest BCUT2D eigenvalue weighted by molar-refractivity contribution is 5.11. The molecule has 25 heavy (non-hydrogen) atoms. The van der Waals surface area contributed by atoms with E-state index in [4.69, 9.17) is 9.47 Å². The number of ether oxygens (including phenoxy) is 2. The van der Waals surface area contributed by atoms with Crippen LogP contribution in [0.3, 0.4) is 0 Å². The first-order valence-electron chi connectivity index (χ1n) is 8.97. The van der Waals surface area contributed by atoms with Crippen LogP contribution in [-0.2, 0) is 17.8 Å². The van der Waals surface area contributed by atoms with Crippen LogP contribution in [0.5, 0.6) is 5.88 Å². The van der Waals surface area contributed by atoms with Crippen LogP contribution in [0.4, 0.5) is 0 Å². The van der Waals surface area contributed by atoms with Gasteiger partial charge in [-0.3, -0.25) is 14.6 Å². The summed E-state index contributed by atoms with van der Waals surface area (Å²) in [5.74, 6) is 0.616. The van der Waals surface area contributed by atoms with Crippen molar-refractivity contribution >= 4 is 0 Å². The van der Waals surface area contributed by atoms with E-state index in [9.17, 15) is 0 Å². The molecule has 0 bridgehead atoms. The van der Waals surface area contributed by atoms with Gasteiger partial charge < -0.3 is 9.47 Å². The zero-order valence-electron chi connectivity index (χ0n) is 14.9. The van der Waals surface area contributed by atoms with Crippen molar-refractivity contribution in [1.29, 1.82) is 0 Å². The molecule has 4 heterocycles. The zero-order chi connectivity index (χ0) is 17.3. The summed E-state index contributed by atoms with van der Waals surface area (Å²) in [5, 5.41) is 4.34. The topological polar surface area (TPSA) is 65.3 Å². The molecule has 2 aliphatic heterocycles. The van der Waals surface area contributed by atoms with Gasteiger partial charge in [-0.05, 0) is 13.8 Å². The number of likely N-dealkylation sites (tertiary alicyclic amines) is 1. The second kappa shape index (κ2) is 6.72. The van der Waals surface area contributed by atoms with Gasteiger partial charge in [-0.1, -0.05) is 0 Å². The van der Waals surface area contributed by atoms with Gasteiger partial charge in [0.25, 0.3) is 0 Å². The van der Waals surface area contributed by atoms with Gasteiger partial charge in [-0.25, -0.2) is 4.98 Å². The molecule has 0 radical (unpaired) electrons. The second-order valence-electron chi connectivity index (χ2n) is 7.11. The Kier molecular flexibility index (Phi) is 4.43.